The molecule has 0 spiro atoms. The van der Waals surface area contributed by atoms with E-state index in [9.17, 15) is 9.59 Å². The van der Waals surface area contributed by atoms with Crippen LogP contribution in [0.1, 0.15) is 71.4 Å². The topological polar surface area (TPSA) is 89.2 Å². The summed E-state index contributed by atoms with van der Waals surface area (Å²) >= 11 is 7.85. The van der Waals surface area contributed by atoms with Gasteiger partial charge in [-0.3, -0.25) is 19.1 Å². The number of halogens is 1. The molecule has 0 saturated heterocycles. The van der Waals surface area contributed by atoms with Crippen LogP contribution in [0.15, 0.2) is 29.3 Å². The van der Waals surface area contributed by atoms with Gasteiger partial charge in [0.25, 0.3) is 0 Å². The number of rotatable bonds is 4. The minimum atomic E-state index is -0.489. The molecule has 176 valence electrons. The Labute approximate surface area is 207 Å². The van der Waals surface area contributed by atoms with Crippen molar-refractivity contribution in [1.82, 2.24) is 20.1 Å². The molecule has 1 aliphatic heterocycles. The van der Waals surface area contributed by atoms with E-state index in [0.29, 0.717) is 36.5 Å². The number of aryl methyl sites for hydroxylation is 2. The molecule has 7 nitrogen and oxygen atoms in total. The number of aromatic nitrogens is 3. The van der Waals surface area contributed by atoms with Gasteiger partial charge in [0.05, 0.1) is 12.1 Å². The van der Waals surface area contributed by atoms with Crippen LogP contribution in [0.4, 0.5) is 0 Å². The van der Waals surface area contributed by atoms with Crippen molar-refractivity contribution >= 4 is 40.3 Å². The number of thiophene rings is 1. The van der Waals surface area contributed by atoms with E-state index in [-0.39, 0.29) is 24.2 Å². The third-order valence-corrected chi connectivity index (χ3v) is 8.09. The van der Waals surface area contributed by atoms with Crippen LogP contribution >= 0.6 is 22.9 Å². The highest BCUT2D eigenvalue weighted by Crippen LogP contribution is 2.39. The molecule has 1 aliphatic carbocycles. The van der Waals surface area contributed by atoms with Crippen LogP contribution in [0, 0.1) is 20.8 Å². The number of carbonyl (C=O) groups excluding carboxylic acids is 2. The zero-order valence-corrected chi connectivity index (χ0v) is 21.0. The second kappa shape index (κ2) is 9.07. The van der Waals surface area contributed by atoms with Crippen molar-refractivity contribution < 1.29 is 9.59 Å². The van der Waals surface area contributed by atoms with Gasteiger partial charge in [-0.1, -0.05) is 23.7 Å². The molecule has 0 radical (unpaired) electrons. The fourth-order valence-electron chi connectivity index (χ4n) is 4.68. The van der Waals surface area contributed by atoms with Crippen LogP contribution in [0.25, 0.3) is 5.00 Å². The van der Waals surface area contributed by atoms with E-state index in [1.165, 1.54) is 4.88 Å². The van der Waals surface area contributed by atoms with Crippen LogP contribution in [-0.4, -0.2) is 38.2 Å². The summed E-state index contributed by atoms with van der Waals surface area (Å²) in [7, 11) is 0. The van der Waals surface area contributed by atoms with E-state index in [0.717, 1.165) is 33.2 Å². The Balaban J connectivity index is 1.56. The largest absolute Gasteiger partial charge is 0.353 e. The lowest BCUT2D eigenvalue weighted by Gasteiger charge is -2.23. The molecule has 1 fully saturated rings. The number of carbonyl (C=O) groups is 2. The van der Waals surface area contributed by atoms with Crippen LogP contribution in [0.3, 0.4) is 0 Å². The summed E-state index contributed by atoms with van der Waals surface area (Å²) in [5.74, 6) is 1.61. The predicted octanol–water partition coefficient (Wildman–Crippen LogP) is 4.82. The average molecular weight is 496 g/mol. The fraction of sp³-hybridized carbons (Fsp3) is 0.400. The van der Waals surface area contributed by atoms with Gasteiger partial charge in [-0.25, -0.2) is 0 Å². The maximum absolute atomic E-state index is 13.1. The maximum atomic E-state index is 13.1. The lowest BCUT2D eigenvalue weighted by Crippen LogP contribution is -2.38. The van der Waals surface area contributed by atoms with E-state index >= 15 is 0 Å². The Morgan fingerprint density at radius 3 is 2.56 bits per heavy atom. The molecule has 3 heterocycles. The minimum absolute atomic E-state index is 0.0295. The fourth-order valence-corrected chi connectivity index (χ4v) is 6.02. The first kappa shape index (κ1) is 22.9. The van der Waals surface area contributed by atoms with Crippen LogP contribution in [0.5, 0.6) is 0 Å². The quantitative estimate of drug-likeness (QED) is 0.562. The molecule has 3 aromatic rings. The molecular weight excluding hydrogens is 470 g/mol. The Morgan fingerprint density at radius 1 is 1.15 bits per heavy atom. The van der Waals surface area contributed by atoms with Crippen LogP contribution in [-0.2, 0) is 9.59 Å². The zero-order valence-electron chi connectivity index (χ0n) is 19.4. The zero-order chi connectivity index (χ0) is 24.0. The normalized spacial score (nSPS) is 18.2. The van der Waals surface area contributed by atoms with Crippen molar-refractivity contribution in [2.75, 3.05) is 0 Å². The number of benzene rings is 1. The minimum Gasteiger partial charge on any atom is -0.353 e. The second-order valence-corrected chi connectivity index (χ2v) is 10.6. The second-order valence-electron chi connectivity index (χ2n) is 8.99. The van der Waals surface area contributed by atoms with Crippen molar-refractivity contribution in [3.63, 3.8) is 0 Å². The molecular formula is C25H26ClN5O2S. The molecule has 2 aromatic heterocycles. The summed E-state index contributed by atoms with van der Waals surface area (Å²) < 4.78 is 2.05. The number of ketones is 1. The summed E-state index contributed by atoms with van der Waals surface area (Å²) in [6.45, 7) is 6.13. The Hall–Kier alpha value is -2.84. The van der Waals surface area contributed by atoms with Gasteiger partial charge in [-0.05, 0) is 51.3 Å². The number of Topliss-reactive ketones (excluding diaryl/α,β-unsaturated/α-hetero) is 1. The number of fused-ring (bicyclic) bond motifs is 3. The SMILES string of the molecule is Cc1sc2c(c1C)C(c1ccc(Cl)cc1)=N[C@@H](CC(=O)NC1CCC(=O)CC1)c1nnc(C)n1-2. The molecule has 5 rings (SSSR count). The summed E-state index contributed by atoms with van der Waals surface area (Å²) in [5.41, 5.74) is 3.98. The van der Waals surface area contributed by atoms with Crippen molar-refractivity contribution in [3.05, 3.63) is 62.5 Å². The van der Waals surface area contributed by atoms with Gasteiger partial charge >= 0.3 is 0 Å². The highest BCUT2D eigenvalue weighted by molar-refractivity contribution is 7.15. The first-order chi connectivity index (χ1) is 16.3. The highest BCUT2D eigenvalue weighted by atomic mass is 35.5. The molecule has 2 aliphatic rings. The number of nitrogens with one attached hydrogen (secondary N) is 1. The van der Waals surface area contributed by atoms with Crippen molar-refractivity contribution in [3.8, 4) is 5.00 Å². The number of hydrogen-bond donors (Lipinski definition) is 1. The van der Waals surface area contributed by atoms with Crippen LogP contribution < -0.4 is 5.32 Å². The molecule has 1 amide bonds. The van der Waals surface area contributed by atoms with Gasteiger partial charge in [-0.2, -0.15) is 0 Å². The lowest BCUT2D eigenvalue weighted by atomic mass is 9.94. The smallest absolute Gasteiger partial charge is 0.222 e. The molecule has 1 atom stereocenters. The van der Waals surface area contributed by atoms with Crippen molar-refractivity contribution in [2.24, 2.45) is 4.99 Å². The number of hydrogen-bond acceptors (Lipinski definition) is 6. The lowest BCUT2D eigenvalue weighted by molar-refractivity contribution is -0.125. The van der Waals surface area contributed by atoms with Crippen molar-refractivity contribution in [2.45, 2.75) is 65.0 Å². The molecule has 0 unspecified atom stereocenters. The van der Waals surface area contributed by atoms with Gasteiger partial charge in [0.1, 0.15) is 22.7 Å². The summed E-state index contributed by atoms with van der Waals surface area (Å²) in [4.78, 5) is 31.0. The Kier molecular flexibility index (Phi) is 6.12. The standard InChI is InChI=1S/C25H26ClN5O2S/c1-13-14(2)34-25-22(13)23(16-4-6-17(26)7-5-16)28-20(24-30-29-15(3)31(24)25)12-21(33)27-18-8-10-19(32)11-9-18/h4-7,18,20H,8-12H2,1-3H3,(H,27,33)/t20-/m0/s1. The first-order valence-corrected chi connectivity index (χ1v) is 12.7. The number of nitrogens with zero attached hydrogens (tertiary/aromatic N) is 4. The molecule has 9 heteroatoms. The Morgan fingerprint density at radius 2 is 1.85 bits per heavy atom. The summed E-state index contributed by atoms with van der Waals surface area (Å²) in [5, 5.41) is 13.6. The highest BCUT2D eigenvalue weighted by Gasteiger charge is 2.33. The summed E-state index contributed by atoms with van der Waals surface area (Å²) in [6, 6.07) is 7.18. The Bertz CT molecular complexity index is 1300. The van der Waals surface area contributed by atoms with E-state index in [1.807, 2.05) is 35.8 Å². The van der Waals surface area contributed by atoms with Crippen LogP contribution in [0.2, 0.25) is 5.02 Å². The summed E-state index contributed by atoms with van der Waals surface area (Å²) in [6.07, 6.45) is 2.60. The molecule has 0 bridgehead atoms. The van der Waals surface area contributed by atoms with E-state index in [1.54, 1.807) is 11.3 Å². The van der Waals surface area contributed by atoms with Gasteiger partial charge in [0.15, 0.2) is 5.82 Å². The van der Waals surface area contributed by atoms with E-state index in [4.69, 9.17) is 16.6 Å². The van der Waals surface area contributed by atoms with Gasteiger partial charge in [0.2, 0.25) is 5.91 Å². The number of aliphatic imine (C=N–C) groups is 1. The van der Waals surface area contributed by atoms with E-state index in [2.05, 4.69) is 29.4 Å². The third kappa shape index (κ3) is 4.20. The van der Waals surface area contributed by atoms with Gasteiger partial charge in [0, 0.05) is 39.9 Å². The predicted molar refractivity (Wildman–Crippen MR) is 133 cm³/mol. The van der Waals surface area contributed by atoms with Crippen molar-refractivity contribution in [1.29, 1.82) is 0 Å². The van der Waals surface area contributed by atoms with E-state index < -0.39 is 6.04 Å². The molecule has 1 saturated carbocycles. The third-order valence-electron chi connectivity index (χ3n) is 6.64. The average Bonchev–Trinajstić information content (AvgIpc) is 3.28. The molecule has 34 heavy (non-hydrogen) atoms. The monoisotopic (exact) mass is 495 g/mol. The molecule has 1 N–H and O–H groups in total. The first-order valence-electron chi connectivity index (χ1n) is 11.5. The van der Waals surface area contributed by atoms with Gasteiger partial charge < -0.3 is 5.32 Å². The molecule has 1 aromatic carbocycles. The van der Waals surface area contributed by atoms with Gasteiger partial charge in [-0.15, -0.1) is 21.5 Å². The maximum Gasteiger partial charge on any atom is 0.222 e. The number of amides is 1.